The maximum Gasteiger partial charge on any atom is 0.573 e. The third kappa shape index (κ3) is 3.77. The number of para-hydroxylation sites is 1. The zero-order valence-electron chi connectivity index (χ0n) is 11.3. The highest BCUT2D eigenvalue weighted by Gasteiger charge is 2.32. The van der Waals surface area contributed by atoms with E-state index >= 15 is 0 Å². The molecule has 0 aliphatic carbocycles. The summed E-state index contributed by atoms with van der Waals surface area (Å²) in [6, 6.07) is 6.71. The molecule has 2 heterocycles. The van der Waals surface area contributed by atoms with Gasteiger partial charge < -0.3 is 14.8 Å². The minimum absolute atomic E-state index is 0.120. The number of rotatable bonds is 3. The van der Waals surface area contributed by atoms with Gasteiger partial charge in [0.25, 0.3) is 0 Å². The summed E-state index contributed by atoms with van der Waals surface area (Å²) in [5.74, 6) is -0.120. The summed E-state index contributed by atoms with van der Waals surface area (Å²) in [7, 11) is 0. The van der Waals surface area contributed by atoms with E-state index in [1.54, 1.807) is 18.2 Å². The molecule has 3 nitrogen and oxygen atoms in total. The van der Waals surface area contributed by atoms with Crippen LogP contribution in [0.3, 0.4) is 0 Å². The molecule has 2 atom stereocenters. The molecule has 0 saturated carbocycles. The molecule has 1 N–H and O–H groups in total. The minimum Gasteiger partial charge on any atom is -0.405 e. The zero-order valence-corrected chi connectivity index (χ0v) is 11.3. The van der Waals surface area contributed by atoms with Crippen LogP contribution in [-0.2, 0) is 11.2 Å². The van der Waals surface area contributed by atoms with Crippen LogP contribution in [0.1, 0.15) is 12.0 Å². The standard InChI is InChI=1S/C15H16F3NO2/c16-15(17,18)21-14-4-2-1-3-11(14)5-10-6-12-8-20-9-13(7-10)19-12/h1-4,6,12-13,19H,5,7-9H2. The van der Waals surface area contributed by atoms with Crippen LogP contribution in [-0.4, -0.2) is 31.7 Å². The van der Waals surface area contributed by atoms with E-state index in [4.69, 9.17) is 4.74 Å². The fourth-order valence-corrected chi connectivity index (χ4v) is 2.87. The highest BCUT2D eigenvalue weighted by atomic mass is 19.4. The molecular formula is C15H16F3NO2. The Morgan fingerprint density at radius 1 is 1.24 bits per heavy atom. The van der Waals surface area contributed by atoms with E-state index in [-0.39, 0.29) is 17.8 Å². The van der Waals surface area contributed by atoms with Crippen LogP contribution < -0.4 is 10.1 Å². The fourth-order valence-electron chi connectivity index (χ4n) is 2.87. The normalized spacial score (nSPS) is 25.4. The van der Waals surface area contributed by atoms with Crippen LogP contribution in [0.15, 0.2) is 35.9 Å². The van der Waals surface area contributed by atoms with Crippen molar-refractivity contribution < 1.29 is 22.6 Å². The first-order valence-electron chi connectivity index (χ1n) is 6.86. The zero-order chi connectivity index (χ0) is 14.9. The Balaban J connectivity index is 1.77. The van der Waals surface area contributed by atoms with E-state index in [2.05, 4.69) is 16.1 Å². The molecule has 3 rings (SSSR count). The lowest BCUT2D eigenvalue weighted by molar-refractivity contribution is -0.274. The van der Waals surface area contributed by atoms with Crippen LogP contribution in [0.5, 0.6) is 5.75 Å². The number of halogens is 3. The van der Waals surface area contributed by atoms with Gasteiger partial charge in [0.2, 0.25) is 0 Å². The molecule has 2 bridgehead atoms. The Labute approximate surface area is 120 Å². The first-order chi connectivity index (χ1) is 9.99. The number of hydrogen-bond donors (Lipinski definition) is 1. The Kier molecular flexibility index (Phi) is 3.91. The molecule has 0 spiro atoms. The summed E-state index contributed by atoms with van der Waals surface area (Å²) in [5, 5.41) is 3.41. The van der Waals surface area contributed by atoms with E-state index in [0.29, 0.717) is 25.2 Å². The van der Waals surface area contributed by atoms with Gasteiger partial charge in [0.1, 0.15) is 5.75 Å². The number of morpholine rings is 1. The maximum atomic E-state index is 12.4. The largest absolute Gasteiger partial charge is 0.573 e. The fraction of sp³-hybridized carbons (Fsp3) is 0.467. The number of ether oxygens (including phenoxy) is 2. The summed E-state index contributed by atoms with van der Waals surface area (Å²) in [6.45, 7) is 1.26. The van der Waals surface area contributed by atoms with Gasteiger partial charge in [-0.1, -0.05) is 29.8 Å². The number of hydrogen-bond acceptors (Lipinski definition) is 3. The highest BCUT2D eigenvalue weighted by Crippen LogP contribution is 2.30. The Hall–Kier alpha value is -1.53. The minimum atomic E-state index is -4.66. The quantitative estimate of drug-likeness (QED) is 0.871. The van der Waals surface area contributed by atoms with Crippen molar-refractivity contribution in [1.29, 1.82) is 0 Å². The van der Waals surface area contributed by atoms with Crippen molar-refractivity contribution >= 4 is 0 Å². The van der Waals surface area contributed by atoms with Crippen molar-refractivity contribution in [2.45, 2.75) is 31.3 Å². The predicted octanol–water partition coefficient (Wildman–Crippen LogP) is 2.81. The van der Waals surface area contributed by atoms with Crippen LogP contribution >= 0.6 is 0 Å². The molecule has 6 heteroatoms. The molecule has 2 aliphatic rings. The van der Waals surface area contributed by atoms with Gasteiger partial charge >= 0.3 is 6.36 Å². The molecule has 21 heavy (non-hydrogen) atoms. The first-order valence-corrected chi connectivity index (χ1v) is 6.86. The van der Waals surface area contributed by atoms with Crippen LogP contribution in [0, 0.1) is 0 Å². The van der Waals surface area contributed by atoms with Crippen molar-refractivity contribution in [3.05, 3.63) is 41.5 Å². The highest BCUT2D eigenvalue weighted by molar-refractivity contribution is 5.37. The second kappa shape index (κ2) is 5.69. The second-order valence-electron chi connectivity index (χ2n) is 5.37. The molecule has 0 aromatic heterocycles. The van der Waals surface area contributed by atoms with E-state index in [1.807, 2.05) is 0 Å². The van der Waals surface area contributed by atoms with Gasteiger partial charge in [0.05, 0.1) is 13.2 Å². The third-order valence-corrected chi connectivity index (χ3v) is 3.63. The van der Waals surface area contributed by atoms with Crippen LogP contribution in [0.2, 0.25) is 0 Å². The van der Waals surface area contributed by atoms with Crippen molar-refractivity contribution in [3.63, 3.8) is 0 Å². The van der Waals surface area contributed by atoms with Gasteiger partial charge in [0, 0.05) is 12.1 Å². The molecule has 0 amide bonds. The molecule has 114 valence electrons. The van der Waals surface area contributed by atoms with Crippen molar-refractivity contribution in [2.75, 3.05) is 13.2 Å². The summed E-state index contributed by atoms with van der Waals surface area (Å²) in [5.41, 5.74) is 1.69. The molecule has 1 saturated heterocycles. The smallest absolute Gasteiger partial charge is 0.405 e. The molecule has 0 radical (unpaired) electrons. The number of alkyl halides is 3. The lowest BCUT2D eigenvalue weighted by Crippen LogP contribution is -2.50. The first kappa shape index (κ1) is 14.4. The van der Waals surface area contributed by atoms with E-state index in [0.717, 1.165) is 12.0 Å². The third-order valence-electron chi connectivity index (χ3n) is 3.63. The number of fused-ring (bicyclic) bond motifs is 2. The second-order valence-corrected chi connectivity index (χ2v) is 5.37. The lowest BCUT2D eigenvalue weighted by atomic mass is 9.92. The van der Waals surface area contributed by atoms with Crippen molar-refractivity contribution in [2.24, 2.45) is 0 Å². The average Bonchev–Trinajstić information content (AvgIpc) is 2.39. The molecule has 2 aliphatic heterocycles. The topological polar surface area (TPSA) is 30.5 Å². The molecule has 1 aromatic rings. The molecule has 1 aromatic carbocycles. The van der Waals surface area contributed by atoms with Crippen LogP contribution in [0.4, 0.5) is 13.2 Å². The summed E-state index contributed by atoms with van der Waals surface area (Å²) < 4.78 is 46.8. The average molecular weight is 299 g/mol. The van der Waals surface area contributed by atoms with Gasteiger partial charge in [-0.25, -0.2) is 0 Å². The lowest BCUT2D eigenvalue weighted by Gasteiger charge is -2.35. The van der Waals surface area contributed by atoms with Gasteiger partial charge in [-0.3, -0.25) is 0 Å². The SMILES string of the molecule is FC(F)(F)Oc1ccccc1CC1=CC2COCC(C1)N2. The molecule has 2 unspecified atom stereocenters. The predicted molar refractivity (Wildman–Crippen MR) is 71.1 cm³/mol. The summed E-state index contributed by atoms with van der Waals surface area (Å²) in [6.07, 6.45) is -1.35. The monoisotopic (exact) mass is 299 g/mol. The van der Waals surface area contributed by atoms with E-state index < -0.39 is 6.36 Å². The Morgan fingerprint density at radius 3 is 2.81 bits per heavy atom. The number of benzene rings is 1. The molecular weight excluding hydrogens is 283 g/mol. The van der Waals surface area contributed by atoms with Gasteiger partial charge in [-0.2, -0.15) is 0 Å². The summed E-state index contributed by atoms with van der Waals surface area (Å²) >= 11 is 0. The molecule has 1 fully saturated rings. The summed E-state index contributed by atoms with van der Waals surface area (Å²) in [4.78, 5) is 0. The van der Waals surface area contributed by atoms with Gasteiger partial charge in [0.15, 0.2) is 0 Å². The van der Waals surface area contributed by atoms with E-state index in [9.17, 15) is 13.2 Å². The van der Waals surface area contributed by atoms with Crippen LogP contribution in [0.25, 0.3) is 0 Å². The van der Waals surface area contributed by atoms with Crippen molar-refractivity contribution in [1.82, 2.24) is 5.32 Å². The van der Waals surface area contributed by atoms with Crippen molar-refractivity contribution in [3.8, 4) is 5.75 Å². The Morgan fingerprint density at radius 2 is 2.05 bits per heavy atom. The number of nitrogens with one attached hydrogen (secondary N) is 1. The van der Waals surface area contributed by atoms with E-state index in [1.165, 1.54) is 6.07 Å². The maximum absolute atomic E-state index is 12.4. The Bertz CT molecular complexity index is 542. The van der Waals surface area contributed by atoms with Gasteiger partial charge in [-0.15, -0.1) is 13.2 Å². The van der Waals surface area contributed by atoms with Gasteiger partial charge in [-0.05, 0) is 24.5 Å².